The Labute approximate surface area is 139 Å². The molecule has 0 saturated carbocycles. The van der Waals surface area contributed by atoms with Crippen LogP contribution in [0.1, 0.15) is 0 Å². The lowest BCUT2D eigenvalue weighted by Gasteiger charge is -2.10. The number of rotatable bonds is 3. The minimum Gasteiger partial charge on any atom is -0.278 e. The first-order chi connectivity index (χ1) is 10.8. The SMILES string of the molecule is O=CN(c1cc2ccccc2s1)c1nc2c(Cl)cccc2s1. The quantitative estimate of drug-likeness (QED) is 0.462. The van der Waals surface area contributed by atoms with Crippen LogP contribution in [-0.2, 0) is 4.79 Å². The van der Waals surface area contributed by atoms with Crippen molar-refractivity contribution in [2.75, 3.05) is 4.90 Å². The Morgan fingerprint density at radius 3 is 2.64 bits per heavy atom. The maximum absolute atomic E-state index is 11.6. The highest BCUT2D eigenvalue weighted by Gasteiger charge is 2.17. The molecule has 1 amide bonds. The zero-order valence-corrected chi connectivity index (χ0v) is 13.6. The molecule has 2 heterocycles. The van der Waals surface area contributed by atoms with E-state index in [1.54, 1.807) is 22.3 Å². The zero-order valence-electron chi connectivity index (χ0n) is 11.2. The van der Waals surface area contributed by atoms with Gasteiger partial charge in [0.2, 0.25) is 6.41 Å². The van der Waals surface area contributed by atoms with E-state index in [-0.39, 0.29) is 0 Å². The Kier molecular flexibility index (Phi) is 3.33. The third kappa shape index (κ3) is 2.18. The fourth-order valence-corrected chi connectivity index (χ4v) is 4.62. The van der Waals surface area contributed by atoms with E-state index in [0.29, 0.717) is 10.2 Å². The molecule has 6 heteroatoms. The molecule has 0 radical (unpaired) electrons. The topological polar surface area (TPSA) is 33.2 Å². The number of carbonyl (C=O) groups excluding carboxylic acids is 1. The monoisotopic (exact) mass is 344 g/mol. The van der Waals surface area contributed by atoms with Crippen molar-refractivity contribution in [3.8, 4) is 0 Å². The van der Waals surface area contributed by atoms with Gasteiger partial charge in [0, 0.05) is 4.70 Å². The average molecular weight is 345 g/mol. The van der Waals surface area contributed by atoms with Gasteiger partial charge < -0.3 is 0 Å². The zero-order chi connectivity index (χ0) is 15.1. The van der Waals surface area contributed by atoms with Crippen LogP contribution in [0.25, 0.3) is 20.3 Å². The Hall–Kier alpha value is -1.95. The molecule has 2 aromatic carbocycles. The van der Waals surface area contributed by atoms with Crippen molar-refractivity contribution >= 4 is 71.1 Å². The maximum Gasteiger partial charge on any atom is 0.221 e. The number of anilines is 2. The van der Waals surface area contributed by atoms with Crippen LogP contribution in [-0.4, -0.2) is 11.4 Å². The van der Waals surface area contributed by atoms with Gasteiger partial charge in [0.25, 0.3) is 0 Å². The molecule has 0 N–H and O–H groups in total. The molecular formula is C16H9ClN2OS2. The highest BCUT2D eigenvalue weighted by Crippen LogP contribution is 2.39. The van der Waals surface area contributed by atoms with Crippen molar-refractivity contribution in [1.29, 1.82) is 0 Å². The minimum atomic E-state index is 0.599. The lowest BCUT2D eigenvalue weighted by molar-refractivity contribution is -0.106. The van der Waals surface area contributed by atoms with Gasteiger partial charge in [-0.2, -0.15) is 0 Å². The number of thiazole rings is 1. The third-order valence-corrected chi connectivity index (χ3v) is 5.76. The highest BCUT2D eigenvalue weighted by molar-refractivity contribution is 7.25. The summed E-state index contributed by atoms with van der Waals surface area (Å²) in [4.78, 5) is 17.7. The first kappa shape index (κ1) is 13.7. The number of para-hydroxylation sites is 1. The standard InChI is InChI=1S/C16H9ClN2OS2/c17-11-5-3-7-13-15(11)18-16(22-13)19(9-20)14-8-10-4-1-2-6-12(10)21-14/h1-9H. The molecule has 0 unspecified atom stereocenters. The second-order valence-electron chi connectivity index (χ2n) is 4.68. The Morgan fingerprint density at radius 1 is 1.05 bits per heavy atom. The van der Waals surface area contributed by atoms with Crippen LogP contribution in [0.4, 0.5) is 10.1 Å². The van der Waals surface area contributed by atoms with E-state index in [9.17, 15) is 4.79 Å². The van der Waals surface area contributed by atoms with Crippen molar-refractivity contribution in [3.63, 3.8) is 0 Å². The summed E-state index contributed by atoms with van der Waals surface area (Å²) in [6.07, 6.45) is 0.802. The molecule has 108 valence electrons. The first-order valence-corrected chi connectivity index (χ1v) is 8.55. The van der Waals surface area contributed by atoms with Gasteiger partial charge in [-0.05, 0) is 29.7 Å². The number of fused-ring (bicyclic) bond motifs is 2. The number of nitrogens with zero attached hydrogens (tertiary/aromatic N) is 2. The van der Waals surface area contributed by atoms with Crippen LogP contribution in [0.15, 0.2) is 48.5 Å². The van der Waals surface area contributed by atoms with E-state index in [1.807, 2.05) is 42.5 Å². The minimum absolute atomic E-state index is 0.599. The molecule has 3 nitrogen and oxygen atoms in total. The van der Waals surface area contributed by atoms with Crippen LogP contribution in [0.5, 0.6) is 0 Å². The van der Waals surface area contributed by atoms with Gasteiger partial charge >= 0.3 is 0 Å². The second-order valence-corrected chi connectivity index (χ2v) is 7.16. The van der Waals surface area contributed by atoms with E-state index < -0.39 is 0 Å². The van der Waals surface area contributed by atoms with E-state index >= 15 is 0 Å². The molecule has 0 bridgehead atoms. The number of amides is 1. The van der Waals surface area contributed by atoms with Crippen molar-refractivity contribution in [1.82, 2.24) is 4.98 Å². The molecule has 0 aliphatic carbocycles. The van der Waals surface area contributed by atoms with Gasteiger partial charge in [-0.1, -0.05) is 47.2 Å². The summed E-state index contributed by atoms with van der Waals surface area (Å²) >= 11 is 9.19. The van der Waals surface area contributed by atoms with Gasteiger partial charge in [-0.15, -0.1) is 11.3 Å². The number of carbonyl (C=O) groups is 1. The van der Waals surface area contributed by atoms with Crippen molar-refractivity contribution in [3.05, 3.63) is 53.6 Å². The molecule has 0 fully saturated rings. The summed E-state index contributed by atoms with van der Waals surface area (Å²) in [5.41, 5.74) is 0.733. The van der Waals surface area contributed by atoms with Gasteiger partial charge in [-0.25, -0.2) is 9.88 Å². The lowest BCUT2D eigenvalue weighted by atomic mass is 10.3. The molecule has 0 spiro atoms. The largest absolute Gasteiger partial charge is 0.278 e. The molecule has 2 aromatic heterocycles. The Balaban J connectivity index is 1.86. The Bertz CT molecular complexity index is 959. The van der Waals surface area contributed by atoms with Gasteiger partial charge in [-0.3, -0.25) is 4.79 Å². The van der Waals surface area contributed by atoms with Crippen LogP contribution < -0.4 is 4.90 Å². The van der Waals surface area contributed by atoms with Gasteiger partial charge in [0.05, 0.1) is 9.72 Å². The normalized spacial score (nSPS) is 11.1. The number of hydrogen-bond donors (Lipinski definition) is 0. The van der Waals surface area contributed by atoms with Crippen LogP contribution in [0.3, 0.4) is 0 Å². The number of thiophene rings is 1. The van der Waals surface area contributed by atoms with Crippen LogP contribution >= 0.6 is 34.3 Å². The molecule has 0 aliphatic heterocycles. The summed E-state index contributed by atoms with van der Waals surface area (Å²) in [6, 6.07) is 15.7. The fourth-order valence-electron chi connectivity index (χ4n) is 2.28. The number of hydrogen-bond acceptors (Lipinski definition) is 4. The Morgan fingerprint density at radius 2 is 1.86 bits per heavy atom. The summed E-state index contributed by atoms with van der Waals surface area (Å²) in [5.74, 6) is 0. The maximum atomic E-state index is 11.6. The lowest BCUT2D eigenvalue weighted by Crippen LogP contribution is -2.11. The van der Waals surface area contributed by atoms with Crippen molar-refractivity contribution in [2.24, 2.45) is 0 Å². The molecule has 22 heavy (non-hydrogen) atoms. The van der Waals surface area contributed by atoms with E-state index in [0.717, 1.165) is 31.7 Å². The molecule has 0 atom stereocenters. The number of halogens is 1. The van der Waals surface area contributed by atoms with Gasteiger partial charge in [0.15, 0.2) is 5.13 Å². The molecule has 4 rings (SSSR count). The molecule has 0 aliphatic rings. The molecule has 4 aromatic rings. The smallest absolute Gasteiger partial charge is 0.221 e. The van der Waals surface area contributed by atoms with Crippen molar-refractivity contribution in [2.45, 2.75) is 0 Å². The number of aromatic nitrogens is 1. The van der Waals surface area contributed by atoms with E-state index in [2.05, 4.69) is 4.98 Å². The second kappa shape index (κ2) is 5.35. The number of benzene rings is 2. The summed E-state index contributed by atoms with van der Waals surface area (Å²) < 4.78 is 2.11. The first-order valence-electron chi connectivity index (χ1n) is 6.54. The van der Waals surface area contributed by atoms with Crippen LogP contribution in [0, 0.1) is 0 Å². The summed E-state index contributed by atoms with van der Waals surface area (Å²) in [6.45, 7) is 0. The molecular weight excluding hydrogens is 336 g/mol. The van der Waals surface area contributed by atoms with Crippen LogP contribution in [0.2, 0.25) is 5.02 Å². The van der Waals surface area contributed by atoms with E-state index in [4.69, 9.17) is 11.6 Å². The van der Waals surface area contributed by atoms with Crippen molar-refractivity contribution < 1.29 is 4.79 Å². The summed E-state index contributed by atoms with van der Waals surface area (Å²) in [5, 5.41) is 3.20. The predicted molar refractivity (Wildman–Crippen MR) is 94.7 cm³/mol. The average Bonchev–Trinajstić information content (AvgIpc) is 3.12. The van der Waals surface area contributed by atoms with E-state index in [1.165, 1.54) is 11.3 Å². The summed E-state index contributed by atoms with van der Waals surface area (Å²) in [7, 11) is 0. The highest BCUT2D eigenvalue weighted by atomic mass is 35.5. The predicted octanol–water partition coefficient (Wildman–Crippen LogP) is 5.46. The third-order valence-electron chi connectivity index (χ3n) is 3.32. The van der Waals surface area contributed by atoms with Gasteiger partial charge in [0.1, 0.15) is 10.5 Å². The fraction of sp³-hybridized carbons (Fsp3) is 0. The molecule has 0 saturated heterocycles.